The van der Waals surface area contributed by atoms with Gasteiger partial charge in [0.05, 0.1) is 5.69 Å². The molecule has 1 N–H and O–H groups in total. The minimum absolute atomic E-state index is 0.174. The Balaban J connectivity index is 1.58. The Bertz CT molecular complexity index is 642. The Morgan fingerprint density at radius 3 is 2.45 bits per heavy atom. The molecule has 1 fully saturated rings. The number of benzene rings is 1. The molecule has 22 heavy (non-hydrogen) atoms. The monoisotopic (exact) mass is 300 g/mol. The Kier molecular flexibility index (Phi) is 4.18. The molecule has 1 aliphatic rings. The van der Waals surface area contributed by atoms with Gasteiger partial charge in [-0.1, -0.05) is 18.2 Å². The SMILES string of the molecule is O=C(Nc1ccccn1)N1CCN(c2ccccc2F)CC1. The first-order chi connectivity index (χ1) is 10.7. The summed E-state index contributed by atoms with van der Waals surface area (Å²) in [6.07, 6.45) is 1.63. The van der Waals surface area contributed by atoms with Crippen LogP contribution in [0.25, 0.3) is 0 Å². The number of nitrogens with zero attached hydrogens (tertiary/aromatic N) is 3. The molecule has 2 amide bonds. The van der Waals surface area contributed by atoms with Gasteiger partial charge < -0.3 is 9.80 Å². The fourth-order valence-corrected chi connectivity index (χ4v) is 2.48. The molecule has 0 bridgehead atoms. The van der Waals surface area contributed by atoms with Crippen molar-refractivity contribution in [3.05, 3.63) is 54.5 Å². The first-order valence-electron chi connectivity index (χ1n) is 7.20. The molecule has 0 aliphatic carbocycles. The molecule has 0 atom stereocenters. The van der Waals surface area contributed by atoms with E-state index in [1.807, 2.05) is 17.0 Å². The Morgan fingerprint density at radius 1 is 1.05 bits per heavy atom. The van der Waals surface area contributed by atoms with Crippen molar-refractivity contribution in [1.29, 1.82) is 0 Å². The molecule has 114 valence electrons. The van der Waals surface area contributed by atoms with Gasteiger partial charge in [-0.05, 0) is 24.3 Å². The number of hydrogen-bond donors (Lipinski definition) is 1. The van der Waals surface area contributed by atoms with Crippen LogP contribution in [0.15, 0.2) is 48.7 Å². The molecule has 3 rings (SSSR count). The minimum Gasteiger partial charge on any atom is -0.366 e. The molecular formula is C16H17FN4O. The van der Waals surface area contributed by atoms with Gasteiger partial charge >= 0.3 is 6.03 Å². The van der Waals surface area contributed by atoms with Gasteiger partial charge in [-0.15, -0.1) is 0 Å². The lowest BCUT2D eigenvalue weighted by atomic mass is 10.2. The summed E-state index contributed by atoms with van der Waals surface area (Å²) in [6, 6.07) is 11.9. The zero-order valence-electron chi connectivity index (χ0n) is 12.1. The highest BCUT2D eigenvalue weighted by atomic mass is 19.1. The van der Waals surface area contributed by atoms with Crippen LogP contribution in [-0.4, -0.2) is 42.1 Å². The van der Waals surface area contributed by atoms with Gasteiger partial charge in [0.15, 0.2) is 0 Å². The minimum atomic E-state index is -0.228. The van der Waals surface area contributed by atoms with E-state index in [-0.39, 0.29) is 11.8 Å². The van der Waals surface area contributed by atoms with Crippen LogP contribution in [-0.2, 0) is 0 Å². The van der Waals surface area contributed by atoms with E-state index in [2.05, 4.69) is 10.3 Å². The van der Waals surface area contributed by atoms with Crippen LogP contribution in [0.4, 0.5) is 20.7 Å². The zero-order valence-corrected chi connectivity index (χ0v) is 12.1. The van der Waals surface area contributed by atoms with Gasteiger partial charge in [0, 0.05) is 32.4 Å². The smallest absolute Gasteiger partial charge is 0.323 e. The summed E-state index contributed by atoms with van der Waals surface area (Å²) < 4.78 is 13.8. The first-order valence-corrected chi connectivity index (χ1v) is 7.20. The number of carbonyl (C=O) groups is 1. The van der Waals surface area contributed by atoms with Crippen LogP contribution >= 0.6 is 0 Å². The fourth-order valence-electron chi connectivity index (χ4n) is 2.48. The van der Waals surface area contributed by atoms with Crippen LogP contribution in [0.1, 0.15) is 0 Å². The van der Waals surface area contributed by atoms with E-state index in [0.29, 0.717) is 37.7 Å². The van der Waals surface area contributed by atoms with E-state index in [1.54, 1.807) is 35.4 Å². The van der Waals surface area contributed by atoms with Crippen molar-refractivity contribution in [3.63, 3.8) is 0 Å². The fraction of sp³-hybridized carbons (Fsp3) is 0.250. The van der Waals surface area contributed by atoms with Crippen LogP contribution in [0.5, 0.6) is 0 Å². The highest BCUT2D eigenvalue weighted by Gasteiger charge is 2.22. The maximum Gasteiger partial charge on any atom is 0.323 e. The van der Waals surface area contributed by atoms with E-state index in [4.69, 9.17) is 0 Å². The average Bonchev–Trinajstić information content (AvgIpc) is 2.56. The van der Waals surface area contributed by atoms with E-state index in [1.165, 1.54) is 6.07 Å². The predicted molar refractivity (Wildman–Crippen MR) is 83.4 cm³/mol. The summed E-state index contributed by atoms with van der Waals surface area (Å²) in [5.74, 6) is 0.304. The summed E-state index contributed by atoms with van der Waals surface area (Å²) in [7, 11) is 0. The predicted octanol–water partition coefficient (Wildman–Crippen LogP) is 2.57. The second-order valence-corrected chi connectivity index (χ2v) is 5.07. The number of hydrogen-bond acceptors (Lipinski definition) is 3. The lowest BCUT2D eigenvalue weighted by Crippen LogP contribution is -2.50. The number of pyridine rings is 1. The van der Waals surface area contributed by atoms with Gasteiger partial charge in [-0.2, -0.15) is 0 Å². The highest BCUT2D eigenvalue weighted by Crippen LogP contribution is 2.20. The molecule has 0 unspecified atom stereocenters. The molecule has 0 radical (unpaired) electrons. The van der Waals surface area contributed by atoms with Crippen molar-refractivity contribution in [2.45, 2.75) is 0 Å². The third-order valence-corrected chi connectivity index (χ3v) is 3.66. The number of para-hydroxylation sites is 1. The zero-order chi connectivity index (χ0) is 15.4. The van der Waals surface area contributed by atoms with Gasteiger partial charge in [0.1, 0.15) is 11.6 Å². The summed E-state index contributed by atoms with van der Waals surface area (Å²) in [5, 5.41) is 2.76. The number of urea groups is 1. The second kappa shape index (κ2) is 6.43. The number of amides is 2. The summed E-state index contributed by atoms with van der Waals surface area (Å²) >= 11 is 0. The van der Waals surface area contributed by atoms with Gasteiger partial charge in [0.25, 0.3) is 0 Å². The van der Waals surface area contributed by atoms with Gasteiger partial charge in [-0.25, -0.2) is 14.2 Å². The van der Waals surface area contributed by atoms with Gasteiger partial charge in [-0.3, -0.25) is 5.32 Å². The Morgan fingerprint density at radius 2 is 1.77 bits per heavy atom. The molecule has 1 saturated heterocycles. The Hall–Kier alpha value is -2.63. The molecular weight excluding hydrogens is 283 g/mol. The number of halogens is 1. The second-order valence-electron chi connectivity index (χ2n) is 5.07. The van der Waals surface area contributed by atoms with Crippen molar-refractivity contribution in [2.75, 3.05) is 36.4 Å². The van der Waals surface area contributed by atoms with Crippen molar-refractivity contribution >= 4 is 17.5 Å². The summed E-state index contributed by atoms with van der Waals surface area (Å²) in [5.41, 5.74) is 0.590. The molecule has 1 aliphatic heterocycles. The molecule has 1 aromatic carbocycles. The Labute approximate surface area is 128 Å². The molecule has 5 nitrogen and oxygen atoms in total. The average molecular weight is 300 g/mol. The summed E-state index contributed by atoms with van der Waals surface area (Å²) in [6.45, 7) is 2.31. The number of aromatic nitrogens is 1. The van der Waals surface area contributed by atoms with Crippen molar-refractivity contribution in [1.82, 2.24) is 9.88 Å². The summed E-state index contributed by atoms with van der Waals surface area (Å²) in [4.78, 5) is 19.9. The van der Waals surface area contributed by atoms with Crippen LogP contribution in [0.2, 0.25) is 0 Å². The van der Waals surface area contributed by atoms with E-state index < -0.39 is 0 Å². The highest BCUT2D eigenvalue weighted by molar-refractivity contribution is 5.88. The number of carbonyl (C=O) groups excluding carboxylic acids is 1. The largest absolute Gasteiger partial charge is 0.366 e. The quantitative estimate of drug-likeness (QED) is 0.927. The third kappa shape index (κ3) is 3.16. The van der Waals surface area contributed by atoms with Gasteiger partial charge in [0.2, 0.25) is 0 Å². The van der Waals surface area contributed by atoms with E-state index >= 15 is 0 Å². The molecule has 0 spiro atoms. The normalized spacial score (nSPS) is 14.8. The van der Waals surface area contributed by atoms with Crippen molar-refractivity contribution < 1.29 is 9.18 Å². The lowest BCUT2D eigenvalue weighted by molar-refractivity contribution is 0.208. The first kappa shape index (κ1) is 14.3. The molecule has 0 saturated carbocycles. The standard InChI is InChI=1S/C16H17FN4O/c17-13-5-1-2-6-14(13)20-9-11-21(12-10-20)16(22)19-15-7-3-4-8-18-15/h1-8H,9-12H2,(H,18,19,22). The molecule has 1 aromatic heterocycles. The molecule has 2 heterocycles. The van der Waals surface area contributed by atoms with E-state index in [0.717, 1.165) is 0 Å². The maximum absolute atomic E-state index is 13.8. The molecule has 6 heteroatoms. The molecule has 2 aromatic rings. The van der Waals surface area contributed by atoms with Crippen LogP contribution in [0, 0.1) is 5.82 Å². The van der Waals surface area contributed by atoms with Crippen LogP contribution in [0.3, 0.4) is 0 Å². The third-order valence-electron chi connectivity index (χ3n) is 3.66. The van der Waals surface area contributed by atoms with Crippen molar-refractivity contribution in [3.8, 4) is 0 Å². The number of anilines is 2. The van der Waals surface area contributed by atoms with E-state index in [9.17, 15) is 9.18 Å². The van der Waals surface area contributed by atoms with Crippen LogP contribution < -0.4 is 10.2 Å². The number of rotatable bonds is 2. The number of nitrogens with one attached hydrogen (secondary N) is 1. The van der Waals surface area contributed by atoms with Crippen molar-refractivity contribution in [2.24, 2.45) is 0 Å². The maximum atomic E-state index is 13.8. The number of piperazine rings is 1. The topological polar surface area (TPSA) is 48.5 Å². The lowest BCUT2D eigenvalue weighted by Gasteiger charge is -2.36.